The number of aromatic carboxylic acids is 1. The zero-order valence-corrected chi connectivity index (χ0v) is 53.3. The molecular weight excluding hydrogens is 1530 g/mol. The molecule has 2 radical (unpaired) electrons. The Bertz CT molecular complexity index is 2790. The molecule has 0 aliphatic heterocycles. The average Bonchev–Trinajstić information content (AvgIpc) is 3.38. The fourth-order valence-electron chi connectivity index (χ4n) is 4.20. The second kappa shape index (κ2) is 49.6. The van der Waals surface area contributed by atoms with Crippen LogP contribution >= 0.6 is 85.6 Å². The van der Waals surface area contributed by atoms with E-state index in [-0.39, 0.29) is 64.4 Å². The Morgan fingerprint density at radius 1 is 0.620 bits per heavy atom. The summed E-state index contributed by atoms with van der Waals surface area (Å²) in [5.74, 6) is 6.50. The molecule has 0 aliphatic rings. The van der Waals surface area contributed by atoms with Crippen LogP contribution in [0.4, 0.5) is 22.7 Å². The molecule has 5 aromatic carbocycles. The number of nitrogens with two attached hydrogens (primary N) is 4. The third-order valence-electron chi connectivity index (χ3n) is 7.80. The number of carboxylic acid groups (broad SMARTS) is 1. The number of carbonyl (C=O) groups excluding carboxylic acids is 4. The minimum absolute atomic E-state index is 0. The Balaban J connectivity index is -0.000000154. The van der Waals surface area contributed by atoms with Crippen LogP contribution in [0, 0.1) is 57.5 Å². The molecule has 0 bridgehead atoms. The van der Waals surface area contributed by atoms with Gasteiger partial charge in [-0.05, 0) is 159 Å². The second-order valence-corrected chi connectivity index (χ2v) is 26.8. The molecule has 19 nitrogen and oxygen atoms in total. The van der Waals surface area contributed by atoms with Crippen molar-refractivity contribution in [2.45, 2.75) is 49.3 Å². The SMILES string of the molecule is C.C.C.C.C#C[Si](C)(C)C.C#Cc1ccc(C(=O)NOC)cc1N.C#Cc1ccc(C(=O)O)cc1N.COC(=O)c1ccc(I)c(N)c1.COC(=O)c1ccc(I)c([N+](=O)[O-])c1.COC(=O)c1ccc(I)cc1.CON.[Cl][Sn][Cl]. The van der Waals surface area contributed by atoms with Crippen LogP contribution in [-0.2, 0) is 23.9 Å². The summed E-state index contributed by atoms with van der Waals surface area (Å²) in [5.41, 5.74) is 25.7. The van der Waals surface area contributed by atoms with Gasteiger partial charge in [-0.3, -0.25) is 19.7 Å². The standard InChI is InChI=1S/C10H10N2O2.C9H7NO2.C8H6INO4.C8H8INO2.C8H7IO2.C5H10Si.CH5NO.4CH4.2ClH.Sn/c1-3-7-4-5-8(6-9(7)11)10(13)12-14-2;1-2-6-3-4-7(9(11)12)5-8(6)10;1-14-8(11)5-2-3-6(9)7(4-5)10(12)13;1-12-8(11)5-2-3-6(9)7(10)4-5;1-11-8(10)6-2-4-7(9)5-3-6;1-5-6(2,3)4;1-3-2;;;;;;;/h1,4-6H,11H2,2H3,(H,12,13);1,3-5H,10H2,(H,11,12);2-4H,1H3;2-4H,10H2,1H3;2-5H,1H3;1H,2-4H3;2H2,1H3;4*1H4;2*1H;/q;;;;;;;;;;;;;+2/p-2. The molecule has 0 aromatic heterocycles. The monoisotopic (exact) mass is 1600 g/mol. The number of carboxylic acids is 1. The number of nitrogen functional groups attached to an aromatic ring is 3. The predicted octanol–water partition coefficient (Wildman–Crippen LogP) is 11.8. The fraction of sp³-hybridized carbons (Fsp3) is 0.226. The van der Waals surface area contributed by atoms with E-state index in [0.717, 1.165) is 7.14 Å². The quantitative estimate of drug-likeness (QED) is 0.0129. The van der Waals surface area contributed by atoms with E-state index in [9.17, 15) is 34.1 Å². The first-order valence-electron chi connectivity index (χ1n) is 20.1. The molecule has 79 heavy (non-hydrogen) atoms. The number of terminal acetylenes is 3. The Kier molecular flexibility index (Phi) is 54.9. The van der Waals surface area contributed by atoms with Crippen LogP contribution in [0.15, 0.2) is 97.1 Å². The van der Waals surface area contributed by atoms with E-state index >= 15 is 0 Å². The van der Waals surface area contributed by atoms with Crippen LogP contribution in [0.5, 0.6) is 0 Å². The number of nitrogens with one attached hydrogen (secondary N) is 1. The first-order valence-corrected chi connectivity index (χ1v) is 34.1. The molecule has 1 amide bonds. The van der Waals surface area contributed by atoms with E-state index < -0.39 is 43.8 Å². The topological polar surface area (TPSA) is 311 Å². The van der Waals surface area contributed by atoms with Crippen LogP contribution < -0.4 is 28.6 Å². The number of nitrogens with zero attached hydrogens (tertiary/aromatic N) is 1. The van der Waals surface area contributed by atoms with Crippen molar-refractivity contribution in [1.82, 2.24) is 5.48 Å². The Hall–Kier alpha value is -5.40. The van der Waals surface area contributed by atoms with E-state index in [1.165, 1.54) is 78.0 Å². The molecule has 0 spiro atoms. The predicted molar refractivity (Wildman–Crippen MR) is 349 cm³/mol. The number of hydroxylamine groups is 1. The van der Waals surface area contributed by atoms with Gasteiger partial charge in [0.2, 0.25) is 0 Å². The van der Waals surface area contributed by atoms with Gasteiger partial charge in [0.15, 0.2) is 0 Å². The number of ether oxygens (including phenoxy) is 3. The van der Waals surface area contributed by atoms with Gasteiger partial charge in [-0.25, -0.2) is 30.6 Å². The third-order valence-corrected chi connectivity index (χ3v) is 11.3. The molecule has 26 heteroatoms. The molecular formula is C53H69Cl2I3N6O13SiSn. The van der Waals surface area contributed by atoms with Gasteiger partial charge >= 0.3 is 60.6 Å². The van der Waals surface area contributed by atoms with E-state index in [1.807, 2.05) is 34.7 Å². The zero-order chi connectivity index (χ0) is 58.4. The molecule has 0 fully saturated rings. The summed E-state index contributed by atoms with van der Waals surface area (Å²) in [4.78, 5) is 72.9. The number of rotatable bonds is 7. The zero-order valence-electron chi connectivity index (χ0n) is 41.5. The van der Waals surface area contributed by atoms with Gasteiger partial charge in [-0.1, -0.05) is 61.2 Å². The van der Waals surface area contributed by atoms with Gasteiger partial charge in [0.25, 0.3) is 11.6 Å². The maximum atomic E-state index is 11.3. The molecule has 0 saturated carbocycles. The number of esters is 3. The molecule has 10 N–H and O–H groups in total. The first-order chi connectivity index (χ1) is 35.2. The molecule has 5 aromatic rings. The molecule has 0 aliphatic carbocycles. The normalized spacial score (nSPS) is 8.65. The van der Waals surface area contributed by atoms with Gasteiger partial charge in [-0.15, -0.1) is 24.8 Å². The van der Waals surface area contributed by atoms with Crippen LogP contribution in [0.3, 0.4) is 0 Å². The van der Waals surface area contributed by atoms with Crippen molar-refractivity contribution in [1.29, 1.82) is 0 Å². The van der Waals surface area contributed by atoms with Gasteiger partial charge in [-0.2, -0.15) is 0 Å². The van der Waals surface area contributed by atoms with Crippen molar-refractivity contribution in [2.24, 2.45) is 5.90 Å². The molecule has 0 saturated heterocycles. The molecule has 0 atom stereocenters. The van der Waals surface area contributed by atoms with Crippen molar-refractivity contribution < 1.29 is 57.9 Å². The number of halogens is 5. The summed E-state index contributed by atoms with van der Waals surface area (Å²) in [6.07, 6.45) is 15.4. The summed E-state index contributed by atoms with van der Waals surface area (Å²) in [5, 5.41) is 19.1. The van der Waals surface area contributed by atoms with Crippen molar-refractivity contribution >= 4 is 165 Å². The number of hydrogen-bond acceptors (Lipinski definition) is 16. The third kappa shape index (κ3) is 38.8. The van der Waals surface area contributed by atoms with Gasteiger partial charge in [0, 0.05) is 47.0 Å². The summed E-state index contributed by atoms with van der Waals surface area (Å²) < 4.78 is 16.0. The van der Waals surface area contributed by atoms with Crippen molar-refractivity contribution in [3.05, 3.63) is 157 Å². The molecule has 432 valence electrons. The molecule has 5 rings (SSSR count). The van der Waals surface area contributed by atoms with E-state index in [4.69, 9.17) is 59.4 Å². The number of benzene rings is 5. The van der Waals surface area contributed by atoms with Crippen LogP contribution in [-0.4, -0.2) is 102 Å². The van der Waals surface area contributed by atoms with Crippen LogP contribution in [0.2, 0.25) is 19.6 Å². The summed E-state index contributed by atoms with van der Waals surface area (Å²) in [6.45, 7) is 6.44. The summed E-state index contributed by atoms with van der Waals surface area (Å²) in [7, 11) is 15.5. The van der Waals surface area contributed by atoms with Crippen LogP contribution in [0.25, 0.3) is 0 Å². The van der Waals surface area contributed by atoms with Gasteiger partial charge in [0.1, 0.15) is 8.07 Å². The van der Waals surface area contributed by atoms with E-state index in [1.54, 1.807) is 42.5 Å². The number of anilines is 3. The Morgan fingerprint density at radius 3 is 1.28 bits per heavy atom. The molecule has 0 heterocycles. The van der Waals surface area contributed by atoms with Gasteiger partial charge < -0.3 is 41.4 Å². The van der Waals surface area contributed by atoms with Crippen molar-refractivity contribution in [2.75, 3.05) is 52.7 Å². The number of methoxy groups -OCH3 is 3. The number of nitro benzene ring substituents is 1. The Labute approximate surface area is 524 Å². The summed E-state index contributed by atoms with van der Waals surface area (Å²) >= 11 is 5.29. The number of carbonyl (C=O) groups is 5. The number of nitro groups is 1. The average molecular weight is 1600 g/mol. The maximum absolute atomic E-state index is 11.3. The van der Waals surface area contributed by atoms with Crippen molar-refractivity contribution in [3.8, 4) is 36.7 Å². The van der Waals surface area contributed by atoms with E-state index in [2.05, 4.69) is 117 Å². The second-order valence-electron chi connectivity index (χ2n) is 14.2. The Morgan fingerprint density at radius 2 is 0.949 bits per heavy atom. The fourth-order valence-corrected chi connectivity index (χ4v) is 5.43. The van der Waals surface area contributed by atoms with E-state index in [0.29, 0.717) is 48.4 Å². The van der Waals surface area contributed by atoms with Crippen LogP contribution in [0.1, 0.15) is 92.6 Å². The first kappa shape index (κ1) is 87.5. The number of amides is 1. The number of hydrogen-bond donors (Lipinski definition) is 6. The summed E-state index contributed by atoms with van der Waals surface area (Å²) in [6, 6.07) is 25.5. The molecule has 0 unspecified atom stereocenters. The van der Waals surface area contributed by atoms with Gasteiger partial charge in [0.05, 0.1) is 66.3 Å². The van der Waals surface area contributed by atoms with Crippen molar-refractivity contribution in [3.63, 3.8) is 0 Å². The minimum atomic E-state index is -1.10.